The van der Waals surface area contributed by atoms with Crippen molar-refractivity contribution in [3.05, 3.63) is 0 Å². The summed E-state index contributed by atoms with van der Waals surface area (Å²) in [7, 11) is 0. The summed E-state index contributed by atoms with van der Waals surface area (Å²) in [6.45, 7) is 5.90. The molecule has 0 aromatic rings. The van der Waals surface area contributed by atoms with E-state index < -0.39 is 0 Å². The van der Waals surface area contributed by atoms with E-state index in [2.05, 4.69) is 19.2 Å². The lowest BCUT2D eigenvalue weighted by atomic mass is 9.80. The van der Waals surface area contributed by atoms with Crippen molar-refractivity contribution < 1.29 is 0 Å². The molecule has 2 aliphatic carbocycles. The smallest absolute Gasteiger partial charge is 0.0101 e. The van der Waals surface area contributed by atoms with Gasteiger partial charge in [0.05, 0.1) is 0 Å². The Kier molecular flexibility index (Phi) is 3.48. The van der Waals surface area contributed by atoms with Crippen LogP contribution in [0.25, 0.3) is 0 Å². The van der Waals surface area contributed by atoms with Crippen molar-refractivity contribution in [3.63, 3.8) is 0 Å². The quantitative estimate of drug-likeness (QED) is 0.686. The van der Waals surface area contributed by atoms with Crippen molar-refractivity contribution in [1.82, 2.24) is 5.32 Å². The fourth-order valence-electron chi connectivity index (χ4n) is 2.74. The van der Waals surface area contributed by atoms with E-state index in [1.54, 1.807) is 0 Å². The average Bonchev–Trinajstić information content (AvgIpc) is 2.80. The minimum Gasteiger partial charge on any atom is -0.314 e. The molecule has 2 aliphatic rings. The zero-order valence-corrected chi connectivity index (χ0v) is 9.76. The molecule has 0 heterocycles. The fraction of sp³-hybridized carbons (Fsp3) is 1.00. The summed E-state index contributed by atoms with van der Waals surface area (Å²) in [5, 5.41) is 3.76. The molecule has 3 unspecified atom stereocenters. The Balaban J connectivity index is 1.73. The topological polar surface area (TPSA) is 12.0 Å². The molecule has 1 N–H and O–H groups in total. The maximum atomic E-state index is 3.76. The van der Waals surface area contributed by atoms with Crippen LogP contribution in [0.15, 0.2) is 0 Å². The first-order valence-electron chi connectivity index (χ1n) is 6.54. The lowest BCUT2D eigenvalue weighted by Crippen LogP contribution is -2.35. The third kappa shape index (κ3) is 2.50. The fourth-order valence-corrected chi connectivity index (χ4v) is 2.74. The Morgan fingerprint density at radius 3 is 2.50 bits per heavy atom. The molecule has 2 fully saturated rings. The largest absolute Gasteiger partial charge is 0.314 e. The molecule has 0 amide bonds. The lowest BCUT2D eigenvalue weighted by Gasteiger charge is -2.30. The van der Waals surface area contributed by atoms with Gasteiger partial charge in [-0.1, -0.05) is 33.1 Å². The number of nitrogens with one attached hydrogen (secondary N) is 1. The number of rotatable bonds is 6. The van der Waals surface area contributed by atoms with Crippen molar-refractivity contribution in [2.45, 2.75) is 58.4 Å². The Hall–Kier alpha value is -0.0400. The van der Waals surface area contributed by atoms with Gasteiger partial charge in [-0.05, 0) is 43.6 Å². The highest BCUT2D eigenvalue weighted by Gasteiger charge is 2.40. The van der Waals surface area contributed by atoms with Gasteiger partial charge in [-0.15, -0.1) is 0 Å². The average molecular weight is 195 g/mol. The molecule has 0 bridgehead atoms. The second-order valence-corrected chi connectivity index (χ2v) is 5.47. The van der Waals surface area contributed by atoms with Crippen LogP contribution in [-0.4, -0.2) is 12.6 Å². The summed E-state index contributed by atoms with van der Waals surface area (Å²) in [6.07, 6.45) is 8.73. The minimum absolute atomic E-state index is 0.857. The molecule has 0 aliphatic heterocycles. The van der Waals surface area contributed by atoms with E-state index in [9.17, 15) is 0 Å². The second-order valence-electron chi connectivity index (χ2n) is 5.47. The van der Waals surface area contributed by atoms with Crippen LogP contribution in [-0.2, 0) is 0 Å². The van der Waals surface area contributed by atoms with Crippen molar-refractivity contribution in [3.8, 4) is 0 Å². The van der Waals surface area contributed by atoms with Crippen molar-refractivity contribution in [2.24, 2.45) is 17.8 Å². The van der Waals surface area contributed by atoms with Gasteiger partial charge in [-0.2, -0.15) is 0 Å². The summed E-state index contributed by atoms with van der Waals surface area (Å²) in [5.41, 5.74) is 0. The molecule has 82 valence electrons. The van der Waals surface area contributed by atoms with E-state index in [1.807, 2.05) is 0 Å². The summed E-state index contributed by atoms with van der Waals surface area (Å²) in [6, 6.07) is 0.857. The molecule has 1 nitrogen and oxygen atoms in total. The van der Waals surface area contributed by atoms with Crippen molar-refractivity contribution in [2.75, 3.05) is 6.54 Å². The summed E-state index contributed by atoms with van der Waals surface area (Å²) < 4.78 is 0. The van der Waals surface area contributed by atoms with Gasteiger partial charge in [0.25, 0.3) is 0 Å². The maximum Gasteiger partial charge on any atom is 0.0101 e. The molecule has 1 heteroatoms. The van der Waals surface area contributed by atoms with Crippen LogP contribution in [0, 0.1) is 17.8 Å². The Bertz CT molecular complexity index is 174. The molecule has 0 radical (unpaired) electrons. The Labute approximate surface area is 88.7 Å². The minimum atomic E-state index is 0.857. The molecule has 2 rings (SSSR count). The molecule has 3 atom stereocenters. The molecule has 14 heavy (non-hydrogen) atoms. The highest BCUT2D eigenvalue weighted by atomic mass is 14.9. The van der Waals surface area contributed by atoms with Gasteiger partial charge in [0.15, 0.2) is 0 Å². The molecule has 0 saturated heterocycles. The van der Waals surface area contributed by atoms with E-state index in [0.29, 0.717) is 0 Å². The van der Waals surface area contributed by atoms with Gasteiger partial charge >= 0.3 is 0 Å². The zero-order valence-electron chi connectivity index (χ0n) is 9.76. The maximum absolute atomic E-state index is 3.76. The lowest BCUT2D eigenvalue weighted by molar-refractivity contribution is 0.245. The third-order valence-electron chi connectivity index (χ3n) is 4.16. The van der Waals surface area contributed by atoms with Crippen LogP contribution in [0.4, 0.5) is 0 Å². The van der Waals surface area contributed by atoms with Gasteiger partial charge in [-0.25, -0.2) is 0 Å². The van der Waals surface area contributed by atoms with Crippen LogP contribution in [0.1, 0.15) is 52.4 Å². The zero-order chi connectivity index (χ0) is 9.97. The molecule has 2 saturated carbocycles. The van der Waals surface area contributed by atoms with E-state index in [4.69, 9.17) is 0 Å². The van der Waals surface area contributed by atoms with E-state index in [1.165, 1.54) is 45.1 Å². The van der Waals surface area contributed by atoms with Crippen LogP contribution in [0.5, 0.6) is 0 Å². The van der Waals surface area contributed by atoms with Gasteiger partial charge in [0.1, 0.15) is 0 Å². The van der Waals surface area contributed by atoms with E-state index in [0.717, 1.165) is 23.8 Å². The second kappa shape index (κ2) is 4.65. The molecule has 0 aromatic carbocycles. The van der Waals surface area contributed by atoms with Gasteiger partial charge in [0, 0.05) is 6.04 Å². The molecular weight excluding hydrogens is 170 g/mol. The predicted molar refractivity (Wildman–Crippen MR) is 61.3 cm³/mol. The van der Waals surface area contributed by atoms with Crippen LogP contribution >= 0.6 is 0 Å². The van der Waals surface area contributed by atoms with Crippen LogP contribution in [0.2, 0.25) is 0 Å². The number of hydrogen-bond acceptors (Lipinski definition) is 1. The monoisotopic (exact) mass is 195 g/mol. The normalized spacial score (nSPS) is 33.9. The Morgan fingerprint density at radius 1 is 1.36 bits per heavy atom. The van der Waals surface area contributed by atoms with Crippen LogP contribution in [0.3, 0.4) is 0 Å². The Morgan fingerprint density at radius 2 is 2.07 bits per heavy atom. The predicted octanol–water partition coefficient (Wildman–Crippen LogP) is 3.20. The van der Waals surface area contributed by atoms with Crippen molar-refractivity contribution in [1.29, 1.82) is 0 Å². The first kappa shape index (κ1) is 10.5. The summed E-state index contributed by atoms with van der Waals surface area (Å²) in [5.74, 6) is 3.09. The summed E-state index contributed by atoms with van der Waals surface area (Å²) >= 11 is 0. The standard InChI is InChI=1S/C13H25N/c1-3-7-14-13(12-8-10(12)2)9-11-5-4-6-11/h10-14H,3-9H2,1-2H3. The van der Waals surface area contributed by atoms with E-state index in [-0.39, 0.29) is 0 Å². The summed E-state index contributed by atoms with van der Waals surface area (Å²) in [4.78, 5) is 0. The van der Waals surface area contributed by atoms with Gasteiger partial charge < -0.3 is 5.32 Å². The van der Waals surface area contributed by atoms with Crippen molar-refractivity contribution >= 4 is 0 Å². The van der Waals surface area contributed by atoms with Gasteiger partial charge in [0.2, 0.25) is 0 Å². The molecule has 0 aromatic heterocycles. The molecule has 0 spiro atoms. The first-order valence-corrected chi connectivity index (χ1v) is 6.54. The molecular formula is C13H25N. The highest BCUT2D eigenvalue weighted by molar-refractivity contribution is 4.94. The third-order valence-corrected chi connectivity index (χ3v) is 4.16. The highest BCUT2D eigenvalue weighted by Crippen LogP contribution is 2.44. The van der Waals surface area contributed by atoms with Crippen LogP contribution < -0.4 is 5.32 Å². The first-order chi connectivity index (χ1) is 6.81. The number of hydrogen-bond donors (Lipinski definition) is 1. The van der Waals surface area contributed by atoms with Gasteiger partial charge in [-0.3, -0.25) is 0 Å². The van der Waals surface area contributed by atoms with E-state index >= 15 is 0 Å². The SMILES string of the molecule is CCCNC(CC1CCC1)C1CC1C.